The summed E-state index contributed by atoms with van der Waals surface area (Å²) in [6.45, 7) is 4.07. The molecule has 1 rings (SSSR count). The van der Waals surface area contributed by atoms with Crippen LogP contribution in [0.15, 0.2) is 36.4 Å². The van der Waals surface area contributed by atoms with Crippen molar-refractivity contribution in [3.8, 4) is 0 Å². The first-order valence-electron chi connectivity index (χ1n) is 6.44. The minimum Gasteiger partial charge on any atom is -0.399 e. The molecule has 0 fully saturated rings. The number of nitrogens with two attached hydrogens (primary N) is 1. The number of allylic oxidation sites excluding steroid dienone is 1. The van der Waals surface area contributed by atoms with Gasteiger partial charge in [0, 0.05) is 11.3 Å². The molecule has 0 aliphatic carbocycles. The van der Waals surface area contributed by atoms with Gasteiger partial charge in [0.2, 0.25) is 5.78 Å². The van der Waals surface area contributed by atoms with Crippen LogP contribution in [-0.2, 0) is 4.74 Å². The van der Waals surface area contributed by atoms with Crippen molar-refractivity contribution in [3.63, 3.8) is 0 Å². The Balaban J connectivity index is 2.91. The number of nitrogen functional groups attached to an aromatic ring is 1. The molecule has 104 valence electrons. The number of aliphatic hydroxyl groups is 1. The Labute approximate surface area is 113 Å². The van der Waals surface area contributed by atoms with Crippen molar-refractivity contribution < 1.29 is 14.6 Å². The van der Waals surface area contributed by atoms with Gasteiger partial charge in [-0.3, -0.25) is 4.79 Å². The predicted octanol–water partition coefficient (Wildman–Crippen LogP) is 2.53. The second kappa shape index (κ2) is 7.07. The quantitative estimate of drug-likeness (QED) is 0.261. The molecule has 0 aliphatic heterocycles. The summed E-state index contributed by atoms with van der Waals surface area (Å²) in [6.07, 6.45) is 4.68. The normalized spacial score (nSPS) is 14.5. The van der Waals surface area contributed by atoms with Crippen molar-refractivity contribution in [1.29, 1.82) is 0 Å². The Morgan fingerprint density at radius 1 is 1.42 bits per heavy atom. The lowest BCUT2D eigenvalue weighted by Gasteiger charge is -2.23. The van der Waals surface area contributed by atoms with Gasteiger partial charge in [-0.1, -0.05) is 19.4 Å². The average molecular weight is 263 g/mol. The van der Waals surface area contributed by atoms with Crippen LogP contribution in [0.3, 0.4) is 0 Å². The molecule has 0 saturated carbocycles. The number of hydrogen-bond donors (Lipinski definition) is 2. The van der Waals surface area contributed by atoms with Gasteiger partial charge in [-0.15, -0.1) is 0 Å². The minimum atomic E-state index is -1.90. The monoisotopic (exact) mass is 263 g/mol. The minimum absolute atomic E-state index is 0.331. The number of ketones is 1. The molecule has 1 aromatic carbocycles. The van der Waals surface area contributed by atoms with Crippen molar-refractivity contribution >= 4 is 11.5 Å². The zero-order chi connectivity index (χ0) is 14.3. The van der Waals surface area contributed by atoms with Gasteiger partial charge >= 0.3 is 0 Å². The number of rotatable bonds is 7. The summed E-state index contributed by atoms with van der Waals surface area (Å²) in [5, 5.41) is 10.3. The van der Waals surface area contributed by atoms with Crippen LogP contribution in [-0.4, -0.2) is 23.3 Å². The second-order valence-electron chi connectivity index (χ2n) is 4.35. The van der Waals surface area contributed by atoms with Crippen molar-refractivity contribution in [2.75, 3.05) is 12.3 Å². The van der Waals surface area contributed by atoms with Gasteiger partial charge < -0.3 is 15.6 Å². The maximum atomic E-state index is 12.3. The standard InChI is InChI=1S/C15H21NO3/c1-3-5-11-19-15(18,10-4-2)14(17)12-6-8-13(16)9-7-12/h4,6-10,18H,3,5,11,16H2,1-2H3. The number of ether oxygens (including phenoxy) is 1. The fourth-order valence-electron chi connectivity index (χ4n) is 1.63. The van der Waals surface area contributed by atoms with Crippen LogP contribution in [0.5, 0.6) is 0 Å². The number of Topliss-reactive ketones (excluding diaryl/α,β-unsaturated/α-hetero) is 1. The molecule has 1 atom stereocenters. The maximum absolute atomic E-state index is 12.3. The third-order valence-electron chi connectivity index (χ3n) is 2.71. The largest absolute Gasteiger partial charge is 0.399 e. The highest BCUT2D eigenvalue weighted by atomic mass is 16.6. The summed E-state index contributed by atoms with van der Waals surface area (Å²) in [6, 6.07) is 6.40. The highest BCUT2D eigenvalue weighted by molar-refractivity contribution is 6.02. The van der Waals surface area contributed by atoms with Gasteiger partial charge in [-0.05, 0) is 43.7 Å². The van der Waals surface area contributed by atoms with E-state index in [9.17, 15) is 9.90 Å². The number of benzene rings is 1. The van der Waals surface area contributed by atoms with Gasteiger partial charge in [0.15, 0.2) is 0 Å². The van der Waals surface area contributed by atoms with E-state index in [1.807, 2.05) is 6.92 Å². The van der Waals surface area contributed by atoms with E-state index < -0.39 is 11.6 Å². The molecule has 19 heavy (non-hydrogen) atoms. The lowest BCUT2D eigenvalue weighted by molar-refractivity contribution is -0.132. The summed E-state index contributed by atoms with van der Waals surface area (Å²) in [7, 11) is 0. The lowest BCUT2D eigenvalue weighted by Crippen LogP contribution is -2.40. The fourth-order valence-corrected chi connectivity index (χ4v) is 1.63. The molecule has 0 spiro atoms. The van der Waals surface area contributed by atoms with Crippen molar-refractivity contribution in [2.24, 2.45) is 0 Å². The van der Waals surface area contributed by atoms with Gasteiger partial charge in [0.05, 0.1) is 6.61 Å². The zero-order valence-corrected chi connectivity index (χ0v) is 11.4. The van der Waals surface area contributed by atoms with Crippen LogP contribution >= 0.6 is 0 Å². The van der Waals surface area contributed by atoms with E-state index in [-0.39, 0.29) is 0 Å². The van der Waals surface area contributed by atoms with Crippen LogP contribution in [0.2, 0.25) is 0 Å². The van der Waals surface area contributed by atoms with Crippen molar-refractivity contribution in [1.82, 2.24) is 0 Å². The van der Waals surface area contributed by atoms with Crippen molar-refractivity contribution in [2.45, 2.75) is 32.5 Å². The van der Waals surface area contributed by atoms with E-state index in [1.165, 1.54) is 6.08 Å². The molecule has 3 N–H and O–H groups in total. The lowest BCUT2D eigenvalue weighted by atomic mass is 10.0. The Kier molecular flexibility index (Phi) is 5.73. The third-order valence-corrected chi connectivity index (χ3v) is 2.71. The van der Waals surface area contributed by atoms with E-state index in [2.05, 4.69) is 0 Å². The first-order valence-corrected chi connectivity index (χ1v) is 6.44. The second-order valence-corrected chi connectivity index (χ2v) is 4.35. The number of hydrogen-bond acceptors (Lipinski definition) is 4. The van der Waals surface area contributed by atoms with E-state index >= 15 is 0 Å². The van der Waals surface area contributed by atoms with Gasteiger partial charge in [-0.2, -0.15) is 0 Å². The summed E-state index contributed by atoms with van der Waals surface area (Å²) in [5.41, 5.74) is 6.51. The summed E-state index contributed by atoms with van der Waals surface area (Å²) >= 11 is 0. The highest BCUT2D eigenvalue weighted by Crippen LogP contribution is 2.19. The summed E-state index contributed by atoms with van der Waals surface area (Å²) in [4.78, 5) is 12.3. The van der Waals surface area contributed by atoms with Gasteiger partial charge in [0.25, 0.3) is 5.79 Å². The van der Waals surface area contributed by atoms with Gasteiger partial charge in [-0.25, -0.2) is 0 Å². The zero-order valence-electron chi connectivity index (χ0n) is 11.4. The maximum Gasteiger partial charge on any atom is 0.251 e. The summed E-state index contributed by atoms with van der Waals surface area (Å²) < 4.78 is 5.34. The fraction of sp³-hybridized carbons (Fsp3) is 0.400. The summed E-state index contributed by atoms with van der Waals surface area (Å²) in [5.74, 6) is -2.39. The van der Waals surface area contributed by atoms with Crippen LogP contribution in [0.4, 0.5) is 5.69 Å². The molecule has 4 nitrogen and oxygen atoms in total. The predicted molar refractivity (Wildman–Crippen MR) is 75.8 cm³/mol. The average Bonchev–Trinajstić information content (AvgIpc) is 2.39. The molecular formula is C15H21NO3. The third kappa shape index (κ3) is 4.19. The van der Waals surface area contributed by atoms with Gasteiger partial charge in [0.1, 0.15) is 0 Å². The number of carbonyl (C=O) groups is 1. The van der Waals surface area contributed by atoms with Crippen LogP contribution in [0.25, 0.3) is 0 Å². The Morgan fingerprint density at radius 3 is 2.58 bits per heavy atom. The molecule has 0 aliphatic rings. The van der Waals surface area contributed by atoms with Crippen LogP contribution < -0.4 is 5.73 Å². The molecule has 1 aromatic rings. The first kappa shape index (κ1) is 15.4. The Bertz CT molecular complexity index is 439. The highest BCUT2D eigenvalue weighted by Gasteiger charge is 2.34. The van der Waals surface area contributed by atoms with E-state index in [0.29, 0.717) is 17.9 Å². The van der Waals surface area contributed by atoms with Crippen LogP contribution in [0.1, 0.15) is 37.0 Å². The smallest absolute Gasteiger partial charge is 0.251 e. The van der Waals surface area contributed by atoms with E-state index in [4.69, 9.17) is 10.5 Å². The first-order chi connectivity index (χ1) is 9.03. The molecular weight excluding hydrogens is 242 g/mol. The number of anilines is 1. The van der Waals surface area contributed by atoms with Crippen LogP contribution in [0, 0.1) is 0 Å². The molecule has 0 bridgehead atoms. The Morgan fingerprint density at radius 2 is 2.05 bits per heavy atom. The molecule has 4 heteroatoms. The molecule has 1 unspecified atom stereocenters. The molecule has 0 amide bonds. The SMILES string of the molecule is CC=CC(O)(OCCCC)C(=O)c1ccc(N)cc1. The molecule has 0 radical (unpaired) electrons. The molecule has 0 aromatic heterocycles. The van der Waals surface area contributed by atoms with E-state index in [1.54, 1.807) is 37.3 Å². The number of carbonyl (C=O) groups excluding carboxylic acids is 1. The van der Waals surface area contributed by atoms with E-state index in [0.717, 1.165) is 12.8 Å². The molecule has 0 heterocycles. The topological polar surface area (TPSA) is 72.5 Å². The molecule has 0 saturated heterocycles. The van der Waals surface area contributed by atoms with Crippen molar-refractivity contribution in [3.05, 3.63) is 42.0 Å². The Hall–Kier alpha value is -1.65. The number of unbranched alkanes of at least 4 members (excludes halogenated alkanes) is 1.